The Kier molecular flexibility index (Phi) is 5.97. The molecule has 2 aromatic carbocycles. The van der Waals surface area contributed by atoms with Gasteiger partial charge in [0.05, 0.1) is 16.3 Å². The molecule has 2 aromatic heterocycles. The molecule has 0 N–H and O–H groups in total. The molecule has 0 fully saturated rings. The molecule has 31 heavy (non-hydrogen) atoms. The second-order valence-electron chi connectivity index (χ2n) is 6.35. The number of hydrogen-bond donors (Lipinski definition) is 1. The summed E-state index contributed by atoms with van der Waals surface area (Å²) in [5.74, 6) is -2.56. The van der Waals surface area contributed by atoms with Crippen LogP contribution in [0.15, 0.2) is 87.7 Å². The van der Waals surface area contributed by atoms with Crippen LogP contribution in [0, 0.1) is 21.7 Å². The first-order valence-corrected chi connectivity index (χ1v) is 10.2. The molecular formula is C22H13F2N3O2S2. The maximum atomic E-state index is 15.0. The smallest absolute Gasteiger partial charge is 0.258 e. The second-order valence-corrected chi connectivity index (χ2v) is 7.90. The van der Waals surface area contributed by atoms with Crippen molar-refractivity contribution in [3.05, 3.63) is 94.7 Å². The van der Waals surface area contributed by atoms with Gasteiger partial charge in [0, 0.05) is 27.1 Å². The van der Waals surface area contributed by atoms with E-state index >= 15 is 4.39 Å². The molecule has 154 valence electrons. The Hall–Kier alpha value is -3.30. The number of hydrogen-bond acceptors (Lipinski definition) is 6. The van der Waals surface area contributed by atoms with Crippen LogP contribution in [0.4, 0.5) is 14.5 Å². The van der Waals surface area contributed by atoms with Crippen LogP contribution in [0.5, 0.6) is 0 Å². The van der Waals surface area contributed by atoms with E-state index < -0.39 is 22.2 Å². The van der Waals surface area contributed by atoms with E-state index in [1.807, 2.05) is 24.3 Å². The molecule has 2 heterocycles. The third-order valence-corrected chi connectivity index (χ3v) is 5.93. The van der Waals surface area contributed by atoms with E-state index in [0.29, 0.717) is 5.03 Å². The first-order chi connectivity index (χ1) is 15.0. The summed E-state index contributed by atoms with van der Waals surface area (Å²) in [6.07, 6.45) is 1.42. The summed E-state index contributed by atoms with van der Waals surface area (Å²) in [6.45, 7) is 0. The van der Waals surface area contributed by atoms with Gasteiger partial charge in [-0.2, -0.15) is 8.78 Å². The zero-order valence-corrected chi connectivity index (χ0v) is 17.4. The second kappa shape index (κ2) is 8.83. The molecule has 0 bridgehead atoms. The Morgan fingerprint density at radius 2 is 1.58 bits per heavy atom. The van der Waals surface area contributed by atoms with Crippen LogP contribution in [-0.4, -0.2) is 14.9 Å². The molecule has 0 atom stereocenters. The number of halogens is 2. The Morgan fingerprint density at radius 3 is 2.26 bits per heavy atom. The van der Waals surface area contributed by atoms with Crippen LogP contribution in [-0.2, 0) is 0 Å². The van der Waals surface area contributed by atoms with Crippen molar-refractivity contribution >= 4 is 30.1 Å². The third-order valence-electron chi connectivity index (χ3n) is 4.38. The monoisotopic (exact) mass is 453 g/mol. The lowest BCUT2D eigenvalue weighted by Crippen LogP contribution is -2.03. The summed E-state index contributed by atoms with van der Waals surface area (Å²) in [6, 6.07) is 18.2. The van der Waals surface area contributed by atoms with Crippen LogP contribution in [0.1, 0.15) is 0 Å². The van der Waals surface area contributed by atoms with Gasteiger partial charge in [-0.1, -0.05) is 36.0 Å². The summed E-state index contributed by atoms with van der Waals surface area (Å²) < 4.78 is 29.8. The molecule has 0 unspecified atom stereocenters. The van der Waals surface area contributed by atoms with E-state index in [-0.39, 0.29) is 22.5 Å². The summed E-state index contributed by atoms with van der Waals surface area (Å²) in [5, 5.41) is 12.0. The zero-order valence-electron chi connectivity index (χ0n) is 15.7. The number of aromatic nitrogens is 2. The predicted molar refractivity (Wildman–Crippen MR) is 117 cm³/mol. The molecule has 0 saturated carbocycles. The fraction of sp³-hybridized carbons (Fsp3) is 0. The Labute approximate surface area is 185 Å². The summed E-state index contributed by atoms with van der Waals surface area (Å²) in [7, 11) is 0. The van der Waals surface area contributed by atoms with Gasteiger partial charge >= 0.3 is 5.69 Å². The molecule has 0 spiro atoms. The van der Waals surface area contributed by atoms with Gasteiger partial charge in [0.2, 0.25) is 11.6 Å². The average molecular weight is 453 g/mol. The highest BCUT2D eigenvalue weighted by Gasteiger charge is 2.29. The van der Waals surface area contributed by atoms with Gasteiger partial charge in [-0.3, -0.25) is 15.1 Å². The van der Waals surface area contributed by atoms with Crippen LogP contribution in [0.25, 0.3) is 22.5 Å². The van der Waals surface area contributed by atoms with Gasteiger partial charge in [-0.25, -0.2) is 4.98 Å². The Balaban J connectivity index is 1.85. The van der Waals surface area contributed by atoms with Crippen molar-refractivity contribution < 1.29 is 13.7 Å². The van der Waals surface area contributed by atoms with Crippen LogP contribution < -0.4 is 0 Å². The number of rotatable bonds is 5. The molecule has 0 aliphatic rings. The topological polar surface area (TPSA) is 68.9 Å². The lowest BCUT2D eigenvalue weighted by atomic mass is 10.0. The number of nitro benzene ring substituents is 1. The SMILES string of the molecule is O=[N+]([O-])c1c(F)c(-c2ccccn2)cc(-c2cccc(Sc3ccccc3S)n2)c1F. The van der Waals surface area contributed by atoms with E-state index in [1.54, 1.807) is 24.3 Å². The normalized spacial score (nSPS) is 10.8. The average Bonchev–Trinajstić information content (AvgIpc) is 2.76. The van der Waals surface area contributed by atoms with E-state index in [4.69, 9.17) is 0 Å². The molecular weight excluding hydrogens is 440 g/mol. The van der Waals surface area contributed by atoms with E-state index in [9.17, 15) is 14.5 Å². The Bertz CT molecular complexity index is 1290. The number of thiol groups is 1. The van der Waals surface area contributed by atoms with Crippen molar-refractivity contribution in [1.29, 1.82) is 0 Å². The fourth-order valence-corrected chi connectivity index (χ4v) is 4.09. The minimum absolute atomic E-state index is 0.138. The molecule has 4 aromatic rings. The molecule has 0 saturated heterocycles. The number of nitrogens with zero attached hydrogens (tertiary/aromatic N) is 3. The maximum absolute atomic E-state index is 15.0. The lowest BCUT2D eigenvalue weighted by Gasteiger charge is -2.10. The highest BCUT2D eigenvalue weighted by molar-refractivity contribution is 7.99. The highest BCUT2D eigenvalue weighted by Crippen LogP contribution is 2.38. The summed E-state index contributed by atoms with van der Waals surface area (Å²) in [4.78, 5) is 20.4. The zero-order chi connectivity index (χ0) is 22.0. The van der Waals surface area contributed by atoms with Gasteiger partial charge in [-0.05, 0) is 42.5 Å². The largest absolute Gasteiger partial charge is 0.341 e. The van der Waals surface area contributed by atoms with Crippen molar-refractivity contribution in [3.8, 4) is 22.5 Å². The molecule has 9 heteroatoms. The van der Waals surface area contributed by atoms with E-state index in [2.05, 4.69) is 22.6 Å². The summed E-state index contributed by atoms with van der Waals surface area (Å²) in [5.41, 5.74) is -1.31. The van der Waals surface area contributed by atoms with Crippen molar-refractivity contribution in [2.24, 2.45) is 0 Å². The van der Waals surface area contributed by atoms with E-state index in [1.165, 1.54) is 36.2 Å². The van der Waals surface area contributed by atoms with Crippen LogP contribution in [0.3, 0.4) is 0 Å². The van der Waals surface area contributed by atoms with Crippen LogP contribution in [0.2, 0.25) is 0 Å². The molecule has 0 amide bonds. The minimum atomic E-state index is -1.29. The van der Waals surface area contributed by atoms with E-state index in [0.717, 1.165) is 9.79 Å². The molecule has 0 radical (unpaired) electrons. The van der Waals surface area contributed by atoms with Gasteiger partial charge in [0.15, 0.2) is 0 Å². The first kappa shape index (κ1) is 21.0. The predicted octanol–water partition coefficient (Wildman–Crippen LogP) is 6.44. The Morgan fingerprint density at radius 1 is 0.903 bits per heavy atom. The maximum Gasteiger partial charge on any atom is 0.341 e. The standard InChI is InChI=1S/C22H13F2N3O2S2/c23-20-13(15-6-3-4-11-25-15)12-14(21(24)22(20)27(28)29)16-7-5-10-19(26-16)31-18-9-2-1-8-17(18)30/h1-12,30H. The van der Waals surface area contributed by atoms with Gasteiger partial charge in [-0.15, -0.1) is 12.6 Å². The number of nitro groups is 1. The van der Waals surface area contributed by atoms with Gasteiger partial charge < -0.3 is 0 Å². The van der Waals surface area contributed by atoms with Crippen molar-refractivity contribution in [3.63, 3.8) is 0 Å². The number of pyridine rings is 2. The highest BCUT2D eigenvalue weighted by atomic mass is 32.2. The van der Waals surface area contributed by atoms with Crippen LogP contribution >= 0.6 is 24.4 Å². The van der Waals surface area contributed by atoms with Crippen molar-refractivity contribution in [1.82, 2.24) is 9.97 Å². The quantitative estimate of drug-likeness (QED) is 0.214. The van der Waals surface area contributed by atoms with Crippen molar-refractivity contribution in [2.45, 2.75) is 14.8 Å². The third kappa shape index (κ3) is 4.28. The van der Waals surface area contributed by atoms with Gasteiger partial charge in [0.25, 0.3) is 0 Å². The molecule has 0 aliphatic heterocycles. The fourth-order valence-electron chi connectivity index (χ4n) is 2.96. The van der Waals surface area contributed by atoms with Crippen molar-refractivity contribution in [2.75, 3.05) is 0 Å². The molecule has 0 aliphatic carbocycles. The minimum Gasteiger partial charge on any atom is -0.258 e. The number of benzene rings is 2. The lowest BCUT2D eigenvalue weighted by molar-refractivity contribution is -0.390. The molecule has 5 nitrogen and oxygen atoms in total. The summed E-state index contributed by atoms with van der Waals surface area (Å²) >= 11 is 5.72. The first-order valence-electron chi connectivity index (χ1n) is 8.96. The van der Waals surface area contributed by atoms with Gasteiger partial charge in [0.1, 0.15) is 5.03 Å². The molecule has 4 rings (SSSR count).